The van der Waals surface area contributed by atoms with Crippen molar-refractivity contribution < 1.29 is 15.0 Å². The van der Waals surface area contributed by atoms with Gasteiger partial charge in [0, 0.05) is 0 Å². The normalized spacial score (nSPS) is 13.3. The summed E-state index contributed by atoms with van der Waals surface area (Å²) in [6.07, 6.45) is 3.56. The lowest BCUT2D eigenvalue weighted by Crippen LogP contribution is -2.15. The lowest BCUT2D eigenvalue weighted by molar-refractivity contribution is -0.144. The van der Waals surface area contributed by atoms with Crippen LogP contribution in [-0.4, -0.2) is 22.3 Å². The van der Waals surface area contributed by atoms with Crippen LogP contribution in [0.1, 0.15) is 6.42 Å². The molecule has 0 heterocycles. The molecule has 0 amide bonds. The van der Waals surface area contributed by atoms with Gasteiger partial charge >= 0.3 is 5.97 Å². The van der Waals surface area contributed by atoms with E-state index in [9.17, 15) is 4.79 Å². The highest BCUT2D eigenvalue weighted by Gasteiger charge is 2.06. The molecule has 0 bridgehead atoms. The average molecular weight is 142 g/mol. The Morgan fingerprint density at radius 2 is 2.30 bits per heavy atom. The minimum absolute atomic E-state index is 0.574. The zero-order chi connectivity index (χ0) is 7.98. The number of rotatable bonds is 4. The smallest absolute Gasteiger partial charge is 0.336 e. The Balaban J connectivity index is 3.65. The van der Waals surface area contributed by atoms with Gasteiger partial charge in [0.2, 0.25) is 0 Å². The zero-order valence-corrected chi connectivity index (χ0v) is 5.53. The van der Waals surface area contributed by atoms with Gasteiger partial charge in [-0.25, -0.2) is 4.79 Å². The maximum atomic E-state index is 9.97. The second-order valence-corrected chi connectivity index (χ2v) is 1.74. The van der Waals surface area contributed by atoms with Crippen LogP contribution < -0.4 is 0 Å². The van der Waals surface area contributed by atoms with Crippen molar-refractivity contribution in [3.8, 4) is 0 Å². The summed E-state index contributed by atoms with van der Waals surface area (Å²) in [5.41, 5.74) is 0. The number of aliphatic hydroxyl groups is 1. The molecule has 0 saturated carbocycles. The van der Waals surface area contributed by atoms with Crippen LogP contribution >= 0.6 is 0 Å². The molecule has 56 valence electrons. The van der Waals surface area contributed by atoms with Crippen LogP contribution in [0.3, 0.4) is 0 Å². The van der Waals surface area contributed by atoms with E-state index in [1.165, 1.54) is 6.08 Å². The van der Waals surface area contributed by atoms with E-state index in [1.54, 1.807) is 12.2 Å². The first-order chi connectivity index (χ1) is 4.68. The molecule has 0 fully saturated rings. The molecule has 0 spiro atoms. The van der Waals surface area contributed by atoms with E-state index in [0.29, 0.717) is 6.42 Å². The summed E-state index contributed by atoms with van der Waals surface area (Å²) in [5.74, 6) is -1.24. The number of hydrogen-bond acceptors (Lipinski definition) is 2. The van der Waals surface area contributed by atoms with Gasteiger partial charge in [-0.15, -0.1) is 6.58 Å². The molecule has 3 nitrogen and oxygen atoms in total. The largest absolute Gasteiger partial charge is 0.479 e. The van der Waals surface area contributed by atoms with E-state index in [-0.39, 0.29) is 0 Å². The Morgan fingerprint density at radius 1 is 1.70 bits per heavy atom. The number of hydrogen-bond donors (Lipinski definition) is 2. The third kappa shape index (κ3) is 3.86. The maximum Gasteiger partial charge on any atom is 0.336 e. The number of carboxylic acids is 1. The molecule has 0 rings (SSSR count). The SMILES string of the molecule is C=CCC=CC(O)C(=O)O. The van der Waals surface area contributed by atoms with Crippen LogP contribution in [0.15, 0.2) is 24.8 Å². The molecule has 0 aliphatic rings. The molecular formula is C7H10O3. The number of aliphatic hydroxyl groups excluding tert-OH is 1. The van der Waals surface area contributed by atoms with Crippen molar-refractivity contribution in [2.24, 2.45) is 0 Å². The molecule has 0 aromatic heterocycles. The van der Waals surface area contributed by atoms with Crippen molar-refractivity contribution in [1.82, 2.24) is 0 Å². The molecule has 10 heavy (non-hydrogen) atoms. The summed E-state index contributed by atoms with van der Waals surface area (Å²) in [6.45, 7) is 3.42. The number of aliphatic carboxylic acids is 1. The Morgan fingerprint density at radius 3 is 2.70 bits per heavy atom. The topological polar surface area (TPSA) is 57.5 Å². The molecule has 0 aliphatic carbocycles. The second-order valence-electron chi connectivity index (χ2n) is 1.74. The minimum atomic E-state index is -1.39. The fourth-order valence-corrected chi connectivity index (χ4v) is 0.386. The van der Waals surface area contributed by atoms with Gasteiger partial charge in [0.05, 0.1) is 0 Å². The van der Waals surface area contributed by atoms with Crippen LogP contribution in [0.2, 0.25) is 0 Å². The zero-order valence-electron chi connectivity index (χ0n) is 5.53. The monoisotopic (exact) mass is 142 g/mol. The van der Waals surface area contributed by atoms with Crippen LogP contribution in [0.25, 0.3) is 0 Å². The van der Waals surface area contributed by atoms with E-state index in [0.717, 1.165) is 0 Å². The molecule has 0 radical (unpaired) electrons. The van der Waals surface area contributed by atoms with Crippen LogP contribution in [-0.2, 0) is 4.79 Å². The third-order valence-electron chi connectivity index (χ3n) is 0.874. The summed E-state index contributed by atoms with van der Waals surface area (Å²) in [5, 5.41) is 16.8. The lowest BCUT2D eigenvalue weighted by Gasteiger charge is -1.94. The van der Waals surface area contributed by atoms with Gasteiger partial charge in [-0.3, -0.25) is 0 Å². The van der Waals surface area contributed by atoms with Crippen molar-refractivity contribution in [3.63, 3.8) is 0 Å². The van der Waals surface area contributed by atoms with Gasteiger partial charge in [-0.1, -0.05) is 12.2 Å². The highest BCUT2D eigenvalue weighted by atomic mass is 16.4. The van der Waals surface area contributed by atoms with Crippen LogP contribution in [0, 0.1) is 0 Å². The molecule has 0 aliphatic heterocycles. The van der Waals surface area contributed by atoms with E-state index < -0.39 is 12.1 Å². The third-order valence-corrected chi connectivity index (χ3v) is 0.874. The average Bonchev–Trinajstić information content (AvgIpc) is 1.88. The quantitative estimate of drug-likeness (QED) is 0.564. The van der Waals surface area contributed by atoms with Crippen LogP contribution in [0.5, 0.6) is 0 Å². The van der Waals surface area contributed by atoms with Crippen molar-refractivity contribution >= 4 is 5.97 Å². The van der Waals surface area contributed by atoms with Gasteiger partial charge in [0.1, 0.15) is 0 Å². The van der Waals surface area contributed by atoms with Crippen LogP contribution in [0.4, 0.5) is 0 Å². The Kier molecular flexibility index (Phi) is 4.24. The summed E-state index contributed by atoms with van der Waals surface area (Å²) >= 11 is 0. The first-order valence-corrected chi connectivity index (χ1v) is 2.87. The molecule has 0 saturated heterocycles. The summed E-state index contributed by atoms with van der Waals surface area (Å²) in [4.78, 5) is 9.97. The number of carbonyl (C=O) groups is 1. The Bertz CT molecular complexity index is 149. The standard InChI is InChI=1S/C7H10O3/c1-2-3-4-5-6(8)7(9)10/h2,4-6,8H,1,3H2,(H,9,10). The predicted octanol–water partition coefficient (Wildman–Crippen LogP) is 0.564. The first-order valence-electron chi connectivity index (χ1n) is 2.87. The second kappa shape index (κ2) is 4.76. The molecule has 2 N–H and O–H groups in total. The maximum absolute atomic E-state index is 9.97. The van der Waals surface area contributed by atoms with E-state index in [1.807, 2.05) is 0 Å². The number of carboxylic acid groups (broad SMARTS) is 1. The van der Waals surface area contributed by atoms with Gasteiger partial charge < -0.3 is 10.2 Å². The number of allylic oxidation sites excluding steroid dienone is 2. The Labute approximate surface area is 59.3 Å². The summed E-state index contributed by atoms with van der Waals surface area (Å²) in [6, 6.07) is 0. The predicted molar refractivity (Wildman–Crippen MR) is 37.6 cm³/mol. The molecule has 1 unspecified atom stereocenters. The van der Waals surface area contributed by atoms with E-state index in [2.05, 4.69) is 6.58 Å². The lowest BCUT2D eigenvalue weighted by atomic mass is 10.3. The van der Waals surface area contributed by atoms with Crippen molar-refractivity contribution in [2.75, 3.05) is 0 Å². The van der Waals surface area contributed by atoms with Crippen molar-refractivity contribution in [2.45, 2.75) is 12.5 Å². The molecule has 0 aromatic rings. The summed E-state index contributed by atoms with van der Waals surface area (Å²) < 4.78 is 0. The van der Waals surface area contributed by atoms with Gasteiger partial charge in [0.15, 0.2) is 6.10 Å². The van der Waals surface area contributed by atoms with E-state index >= 15 is 0 Å². The van der Waals surface area contributed by atoms with E-state index in [4.69, 9.17) is 10.2 Å². The molecule has 0 aromatic carbocycles. The fraction of sp³-hybridized carbons (Fsp3) is 0.286. The fourth-order valence-electron chi connectivity index (χ4n) is 0.386. The molecule has 1 atom stereocenters. The van der Waals surface area contributed by atoms with Gasteiger partial charge in [-0.2, -0.15) is 0 Å². The first kappa shape index (κ1) is 8.91. The van der Waals surface area contributed by atoms with Crippen molar-refractivity contribution in [1.29, 1.82) is 0 Å². The molecular weight excluding hydrogens is 132 g/mol. The van der Waals surface area contributed by atoms with Gasteiger partial charge in [0.25, 0.3) is 0 Å². The molecule has 3 heteroatoms. The highest BCUT2D eigenvalue weighted by molar-refractivity contribution is 5.74. The highest BCUT2D eigenvalue weighted by Crippen LogP contribution is 1.89. The van der Waals surface area contributed by atoms with Gasteiger partial charge in [-0.05, 0) is 12.5 Å². The Hall–Kier alpha value is -1.09. The van der Waals surface area contributed by atoms with Crippen molar-refractivity contribution in [3.05, 3.63) is 24.8 Å². The summed E-state index contributed by atoms with van der Waals surface area (Å²) in [7, 11) is 0. The minimum Gasteiger partial charge on any atom is -0.479 e.